The molecular formula is C8H11N3O2. The first-order valence-electron chi connectivity index (χ1n) is 3.90. The smallest absolute Gasteiger partial charge is 0.309 e. The molecule has 2 amide bonds. The number of aromatic nitrogens is 1. The minimum Gasteiger partial charge on any atom is -0.365 e. The molecule has 0 atom stereocenters. The number of nitrogens with one attached hydrogen (secondary N) is 2. The average Bonchev–Trinajstić information content (AvgIpc) is 2.56. The van der Waals surface area contributed by atoms with Crippen LogP contribution in [0.25, 0.3) is 0 Å². The standard InChI is InChI=1S/C8H11N3O2/c9-7(12)8(13)11-5-3-6-2-1-4-10-6/h1-2,4,10H,3,5H2,(H2,9,12)(H,11,13). The summed E-state index contributed by atoms with van der Waals surface area (Å²) in [6.07, 6.45) is 2.46. The van der Waals surface area contributed by atoms with Crippen LogP contribution in [0.15, 0.2) is 18.3 Å². The fourth-order valence-electron chi connectivity index (χ4n) is 0.921. The zero-order chi connectivity index (χ0) is 9.68. The van der Waals surface area contributed by atoms with Gasteiger partial charge in [-0.05, 0) is 12.1 Å². The lowest BCUT2D eigenvalue weighted by molar-refractivity contribution is -0.137. The topological polar surface area (TPSA) is 88.0 Å². The molecular weight excluding hydrogens is 170 g/mol. The number of primary amides is 1. The molecule has 5 nitrogen and oxygen atoms in total. The first-order chi connectivity index (χ1) is 6.20. The van der Waals surface area contributed by atoms with Crippen molar-refractivity contribution in [3.63, 3.8) is 0 Å². The molecule has 0 saturated carbocycles. The van der Waals surface area contributed by atoms with Gasteiger partial charge < -0.3 is 16.0 Å². The van der Waals surface area contributed by atoms with Crippen LogP contribution in [0.2, 0.25) is 0 Å². The van der Waals surface area contributed by atoms with E-state index in [9.17, 15) is 9.59 Å². The summed E-state index contributed by atoms with van der Waals surface area (Å²) in [6.45, 7) is 0.405. The SMILES string of the molecule is NC(=O)C(=O)NCCc1ccc[nH]1. The van der Waals surface area contributed by atoms with E-state index in [2.05, 4.69) is 10.3 Å². The second kappa shape index (κ2) is 4.30. The Morgan fingerprint density at radius 1 is 1.54 bits per heavy atom. The van der Waals surface area contributed by atoms with Crippen molar-refractivity contribution in [1.29, 1.82) is 0 Å². The number of nitrogens with two attached hydrogens (primary N) is 1. The number of hydrogen-bond donors (Lipinski definition) is 3. The van der Waals surface area contributed by atoms with Crippen molar-refractivity contribution >= 4 is 11.8 Å². The van der Waals surface area contributed by atoms with Gasteiger partial charge in [-0.1, -0.05) is 0 Å². The Labute approximate surface area is 75.3 Å². The third-order valence-electron chi connectivity index (χ3n) is 1.57. The molecule has 1 heterocycles. The van der Waals surface area contributed by atoms with E-state index in [0.717, 1.165) is 5.69 Å². The maximum atomic E-state index is 10.7. The fourth-order valence-corrected chi connectivity index (χ4v) is 0.921. The van der Waals surface area contributed by atoms with Crippen molar-refractivity contribution in [1.82, 2.24) is 10.3 Å². The predicted molar refractivity (Wildman–Crippen MR) is 46.7 cm³/mol. The third-order valence-corrected chi connectivity index (χ3v) is 1.57. The Hall–Kier alpha value is -1.78. The highest BCUT2D eigenvalue weighted by atomic mass is 16.2. The first-order valence-corrected chi connectivity index (χ1v) is 3.90. The number of amides is 2. The van der Waals surface area contributed by atoms with Crippen molar-refractivity contribution < 1.29 is 9.59 Å². The highest BCUT2D eigenvalue weighted by Gasteiger charge is 2.06. The lowest BCUT2D eigenvalue weighted by Crippen LogP contribution is -2.37. The fraction of sp³-hybridized carbons (Fsp3) is 0.250. The van der Waals surface area contributed by atoms with E-state index < -0.39 is 11.8 Å². The molecule has 0 fully saturated rings. The summed E-state index contributed by atoms with van der Waals surface area (Å²) in [4.78, 5) is 23.9. The van der Waals surface area contributed by atoms with Crippen LogP contribution in [0.4, 0.5) is 0 Å². The van der Waals surface area contributed by atoms with Gasteiger partial charge >= 0.3 is 11.8 Å². The maximum Gasteiger partial charge on any atom is 0.309 e. The molecule has 0 saturated heterocycles. The molecule has 0 aliphatic rings. The Morgan fingerprint density at radius 3 is 2.85 bits per heavy atom. The molecule has 4 N–H and O–H groups in total. The van der Waals surface area contributed by atoms with Crippen LogP contribution >= 0.6 is 0 Å². The second-order valence-electron chi connectivity index (χ2n) is 2.57. The molecule has 0 bridgehead atoms. The zero-order valence-corrected chi connectivity index (χ0v) is 7.04. The van der Waals surface area contributed by atoms with Crippen LogP contribution in [-0.2, 0) is 16.0 Å². The molecule has 0 aliphatic heterocycles. The Kier molecular flexibility index (Phi) is 3.08. The Morgan fingerprint density at radius 2 is 2.31 bits per heavy atom. The number of rotatable bonds is 3. The zero-order valence-electron chi connectivity index (χ0n) is 7.04. The Bertz CT molecular complexity index is 292. The molecule has 0 spiro atoms. The quantitative estimate of drug-likeness (QED) is 0.531. The van der Waals surface area contributed by atoms with E-state index >= 15 is 0 Å². The van der Waals surface area contributed by atoms with E-state index in [1.807, 2.05) is 12.1 Å². The summed E-state index contributed by atoms with van der Waals surface area (Å²) in [5.74, 6) is -1.70. The van der Waals surface area contributed by atoms with Crippen LogP contribution < -0.4 is 11.1 Å². The van der Waals surface area contributed by atoms with Gasteiger partial charge in [0.05, 0.1) is 0 Å². The Balaban J connectivity index is 2.22. The van der Waals surface area contributed by atoms with Gasteiger partial charge in [0, 0.05) is 24.9 Å². The summed E-state index contributed by atoms with van der Waals surface area (Å²) in [5.41, 5.74) is 5.74. The molecule has 1 aromatic heterocycles. The van der Waals surface area contributed by atoms with E-state index in [1.54, 1.807) is 6.20 Å². The molecule has 1 rings (SSSR count). The molecule has 0 radical (unpaired) electrons. The molecule has 0 aliphatic carbocycles. The van der Waals surface area contributed by atoms with Crippen LogP contribution in [-0.4, -0.2) is 23.3 Å². The van der Waals surface area contributed by atoms with Crippen molar-refractivity contribution in [2.75, 3.05) is 6.54 Å². The number of carbonyl (C=O) groups is 2. The molecule has 0 unspecified atom stereocenters. The molecule has 0 aromatic carbocycles. The third kappa shape index (κ3) is 2.98. The van der Waals surface area contributed by atoms with Gasteiger partial charge in [-0.2, -0.15) is 0 Å². The van der Waals surface area contributed by atoms with E-state index in [0.29, 0.717) is 13.0 Å². The number of H-pyrrole nitrogens is 1. The van der Waals surface area contributed by atoms with Crippen LogP contribution in [0.3, 0.4) is 0 Å². The van der Waals surface area contributed by atoms with E-state index in [-0.39, 0.29) is 0 Å². The maximum absolute atomic E-state index is 10.7. The van der Waals surface area contributed by atoms with E-state index in [1.165, 1.54) is 0 Å². The highest BCUT2D eigenvalue weighted by molar-refractivity contribution is 6.34. The minimum absolute atomic E-state index is 0.405. The van der Waals surface area contributed by atoms with Gasteiger partial charge in [0.2, 0.25) is 0 Å². The van der Waals surface area contributed by atoms with Crippen molar-refractivity contribution in [3.05, 3.63) is 24.0 Å². The highest BCUT2D eigenvalue weighted by Crippen LogP contribution is 1.93. The lowest BCUT2D eigenvalue weighted by Gasteiger charge is -2.00. The van der Waals surface area contributed by atoms with Gasteiger partial charge in [-0.15, -0.1) is 0 Å². The van der Waals surface area contributed by atoms with Crippen LogP contribution in [0.1, 0.15) is 5.69 Å². The van der Waals surface area contributed by atoms with Gasteiger partial charge in [-0.3, -0.25) is 9.59 Å². The molecule has 13 heavy (non-hydrogen) atoms. The summed E-state index contributed by atoms with van der Waals surface area (Å²) in [7, 11) is 0. The molecule has 5 heteroatoms. The van der Waals surface area contributed by atoms with Gasteiger partial charge in [-0.25, -0.2) is 0 Å². The predicted octanol–water partition coefficient (Wildman–Crippen LogP) is -0.841. The summed E-state index contributed by atoms with van der Waals surface area (Å²) < 4.78 is 0. The molecule has 70 valence electrons. The number of carbonyl (C=O) groups excluding carboxylic acids is 2. The van der Waals surface area contributed by atoms with E-state index in [4.69, 9.17) is 5.73 Å². The lowest BCUT2D eigenvalue weighted by atomic mass is 10.3. The largest absolute Gasteiger partial charge is 0.365 e. The van der Waals surface area contributed by atoms with Gasteiger partial charge in [0.15, 0.2) is 0 Å². The monoisotopic (exact) mass is 181 g/mol. The first kappa shape index (κ1) is 9.31. The molecule has 1 aromatic rings. The van der Waals surface area contributed by atoms with Crippen molar-refractivity contribution in [3.8, 4) is 0 Å². The number of aromatic amines is 1. The number of hydrogen-bond acceptors (Lipinski definition) is 2. The van der Waals surface area contributed by atoms with Crippen molar-refractivity contribution in [2.24, 2.45) is 5.73 Å². The summed E-state index contributed by atoms with van der Waals surface area (Å²) in [5, 5.41) is 2.39. The summed E-state index contributed by atoms with van der Waals surface area (Å²) in [6, 6.07) is 3.77. The average molecular weight is 181 g/mol. The summed E-state index contributed by atoms with van der Waals surface area (Å²) >= 11 is 0. The normalized spacial score (nSPS) is 9.54. The second-order valence-corrected chi connectivity index (χ2v) is 2.57. The van der Waals surface area contributed by atoms with Crippen LogP contribution in [0.5, 0.6) is 0 Å². The van der Waals surface area contributed by atoms with Crippen molar-refractivity contribution in [2.45, 2.75) is 6.42 Å². The van der Waals surface area contributed by atoms with Crippen LogP contribution in [0, 0.1) is 0 Å². The van der Waals surface area contributed by atoms with Gasteiger partial charge in [0.25, 0.3) is 0 Å². The van der Waals surface area contributed by atoms with Gasteiger partial charge in [0.1, 0.15) is 0 Å². The minimum atomic E-state index is -0.952.